The van der Waals surface area contributed by atoms with Gasteiger partial charge in [-0.05, 0) is 61.6 Å². The van der Waals surface area contributed by atoms with E-state index >= 15 is 0 Å². The highest BCUT2D eigenvalue weighted by Gasteiger charge is 2.15. The fourth-order valence-electron chi connectivity index (χ4n) is 3.23. The minimum Gasteiger partial charge on any atom is -0.330 e. The van der Waals surface area contributed by atoms with E-state index in [4.69, 9.17) is 5.73 Å². The topological polar surface area (TPSA) is 26.0 Å². The van der Waals surface area contributed by atoms with Gasteiger partial charge in [-0.3, -0.25) is 0 Å². The maximum Gasteiger partial charge on any atom is -0.00747 e. The minimum absolute atomic E-state index is 0.753. The highest BCUT2D eigenvalue weighted by atomic mass is 14.5. The Morgan fingerprint density at radius 2 is 1.74 bits per heavy atom. The van der Waals surface area contributed by atoms with Gasteiger partial charge >= 0.3 is 0 Å². The molecule has 1 unspecified atom stereocenters. The van der Waals surface area contributed by atoms with Gasteiger partial charge in [-0.1, -0.05) is 50.5 Å². The molecule has 1 nitrogen and oxygen atoms in total. The Balaban J connectivity index is 1.83. The predicted molar refractivity (Wildman–Crippen MR) is 83.4 cm³/mol. The zero-order valence-corrected chi connectivity index (χ0v) is 12.4. The first kappa shape index (κ1) is 14.6. The van der Waals surface area contributed by atoms with E-state index < -0.39 is 0 Å². The van der Waals surface area contributed by atoms with Crippen LogP contribution in [0.5, 0.6) is 0 Å². The van der Waals surface area contributed by atoms with Crippen LogP contribution in [0.4, 0.5) is 0 Å². The fourth-order valence-corrected chi connectivity index (χ4v) is 3.23. The van der Waals surface area contributed by atoms with Crippen LogP contribution < -0.4 is 5.73 Å². The van der Waals surface area contributed by atoms with Crippen molar-refractivity contribution >= 4 is 0 Å². The Kier molecular flexibility index (Phi) is 5.91. The average Bonchev–Trinajstić information content (AvgIpc) is 2.47. The van der Waals surface area contributed by atoms with Gasteiger partial charge in [0.2, 0.25) is 0 Å². The zero-order chi connectivity index (χ0) is 13.5. The van der Waals surface area contributed by atoms with Gasteiger partial charge in [0.1, 0.15) is 0 Å². The van der Waals surface area contributed by atoms with Crippen LogP contribution in [-0.4, -0.2) is 6.54 Å². The van der Waals surface area contributed by atoms with Gasteiger partial charge < -0.3 is 5.73 Å². The second-order valence-electron chi connectivity index (χ2n) is 6.30. The third kappa shape index (κ3) is 4.65. The van der Waals surface area contributed by atoms with Gasteiger partial charge in [-0.2, -0.15) is 0 Å². The molecule has 106 valence electrons. The molecule has 0 amide bonds. The molecule has 0 saturated heterocycles. The van der Waals surface area contributed by atoms with E-state index in [1.807, 2.05) is 0 Å². The first-order valence-corrected chi connectivity index (χ1v) is 8.08. The lowest BCUT2D eigenvalue weighted by molar-refractivity contribution is 0.443. The number of benzene rings is 1. The highest BCUT2D eigenvalue weighted by molar-refractivity contribution is 5.25. The summed E-state index contributed by atoms with van der Waals surface area (Å²) in [4.78, 5) is 0. The molecule has 1 fully saturated rings. The Labute approximate surface area is 118 Å². The van der Waals surface area contributed by atoms with Crippen molar-refractivity contribution in [1.82, 2.24) is 0 Å². The Bertz CT molecular complexity index is 348. The maximum atomic E-state index is 5.60. The van der Waals surface area contributed by atoms with Crippen LogP contribution in [0.3, 0.4) is 0 Å². The summed E-state index contributed by atoms with van der Waals surface area (Å²) in [6.07, 6.45) is 10.7. The normalized spacial score (nSPS) is 18.4. The molecule has 0 aromatic heterocycles. The van der Waals surface area contributed by atoms with Crippen molar-refractivity contribution in [2.24, 2.45) is 11.7 Å². The Morgan fingerprint density at radius 3 is 2.37 bits per heavy atom. The van der Waals surface area contributed by atoms with E-state index in [1.54, 1.807) is 5.56 Å². The molecule has 1 atom stereocenters. The lowest BCUT2D eigenvalue weighted by Crippen LogP contribution is -2.07. The molecule has 1 aliphatic carbocycles. The highest BCUT2D eigenvalue weighted by Crippen LogP contribution is 2.32. The van der Waals surface area contributed by atoms with E-state index in [0.29, 0.717) is 0 Å². The molecule has 0 bridgehead atoms. The van der Waals surface area contributed by atoms with Gasteiger partial charge in [0.25, 0.3) is 0 Å². The molecule has 0 spiro atoms. The average molecular weight is 259 g/mol. The van der Waals surface area contributed by atoms with Crippen molar-refractivity contribution < 1.29 is 0 Å². The molecule has 19 heavy (non-hydrogen) atoms. The summed E-state index contributed by atoms with van der Waals surface area (Å²) >= 11 is 0. The van der Waals surface area contributed by atoms with E-state index in [-0.39, 0.29) is 0 Å². The zero-order valence-electron chi connectivity index (χ0n) is 12.4. The van der Waals surface area contributed by atoms with Crippen LogP contribution in [-0.2, 0) is 6.42 Å². The van der Waals surface area contributed by atoms with Crippen molar-refractivity contribution in [2.75, 3.05) is 6.54 Å². The number of aryl methyl sites for hydroxylation is 1. The second kappa shape index (κ2) is 7.69. The summed E-state index contributed by atoms with van der Waals surface area (Å²) in [7, 11) is 0. The first-order chi connectivity index (χ1) is 9.29. The number of hydrogen-bond acceptors (Lipinski definition) is 1. The maximum absolute atomic E-state index is 5.60. The third-order valence-electron chi connectivity index (χ3n) is 4.64. The van der Waals surface area contributed by atoms with Gasteiger partial charge in [0, 0.05) is 0 Å². The second-order valence-corrected chi connectivity index (χ2v) is 6.30. The van der Waals surface area contributed by atoms with Crippen molar-refractivity contribution in [3.05, 3.63) is 35.4 Å². The van der Waals surface area contributed by atoms with E-state index in [1.165, 1.54) is 50.5 Å². The molecule has 2 N–H and O–H groups in total. The smallest absolute Gasteiger partial charge is 0.00747 e. The van der Waals surface area contributed by atoms with Crippen LogP contribution >= 0.6 is 0 Å². The van der Waals surface area contributed by atoms with Crippen molar-refractivity contribution in [3.63, 3.8) is 0 Å². The molecule has 0 heterocycles. The molecular formula is C18H29N. The molecule has 1 aromatic carbocycles. The monoisotopic (exact) mass is 259 g/mol. The summed E-state index contributed by atoms with van der Waals surface area (Å²) in [6.45, 7) is 3.13. The fraction of sp³-hybridized carbons (Fsp3) is 0.667. The summed E-state index contributed by atoms with van der Waals surface area (Å²) in [6, 6.07) is 9.44. The lowest BCUT2D eigenvalue weighted by atomic mass is 9.84. The lowest BCUT2D eigenvalue weighted by Gasteiger charge is -2.22. The molecule has 1 aromatic rings. The predicted octanol–water partition coefficient (Wildman–Crippen LogP) is 4.65. The number of nitrogens with two attached hydrogens (primary N) is 1. The van der Waals surface area contributed by atoms with Crippen LogP contribution in [0, 0.1) is 5.92 Å². The van der Waals surface area contributed by atoms with Gasteiger partial charge in [0.15, 0.2) is 0 Å². The summed E-state index contributed by atoms with van der Waals surface area (Å²) in [5, 5.41) is 0. The number of hydrogen-bond donors (Lipinski definition) is 1. The van der Waals surface area contributed by atoms with Crippen molar-refractivity contribution in [2.45, 2.75) is 64.2 Å². The molecule has 1 aliphatic rings. The SMILES string of the molecule is CC(CCN)CCc1ccc(C2CCCCC2)cc1. The molecule has 1 heteroatoms. The van der Waals surface area contributed by atoms with E-state index in [2.05, 4.69) is 31.2 Å². The third-order valence-corrected chi connectivity index (χ3v) is 4.64. The summed E-state index contributed by atoms with van der Waals surface area (Å²) in [5.74, 6) is 1.59. The van der Waals surface area contributed by atoms with E-state index in [0.717, 1.165) is 24.8 Å². The van der Waals surface area contributed by atoms with Crippen LogP contribution in [0.15, 0.2) is 24.3 Å². The van der Waals surface area contributed by atoms with E-state index in [9.17, 15) is 0 Å². The Hall–Kier alpha value is -0.820. The molecule has 2 rings (SSSR count). The van der Waals surface area contributed by atoms with Crippen LogP contribution in [0.25, 0.3) is 0 Å². The summed E-state index contributed by atoms with van der Waals surface area (Å²) in [5.41, 5.74) is 8.66. The summed E-state index contributed by atoms with van der Waals surface area (Å²) < 4.78 is 0. The van der Waals surface area contributed by atoms with Gasteiger partial charge in [-0.15, -0.1) is 0 Å². The minimum atomic E-state index is 0.753. The number of rotatable bonds is 6. The standard InChI is InChI=1S/C18H29N/c1-15(13-14-19)7-8-16-9-11-18(12-10-16)17-5-3-2-4-6-17/h9-12,15,17H,2-8,13-14,19H2,1H3. The molecule has 0 radical (unpaired) electrons. The van der Waals surface area contributed by atoms with Gasteiger partial charge in [0.05, 0.1) is 0 Å². The Morgan fingerprint density at radius 1 is 1.05 bits per heavy atom. The van der Waals surface area contributed by atoms with Crippen molar-refractivity contribution in [1.29, 1.82) is 0 Å². The molecule has 1 saturated carbocycles. The molecular weight excluding hydrogens is 230 g/mol. The van der Waals surface area contributed by atoms with Crippen LogP contribution in [0.2, 0.25) is 0 Å². The molecule has 0 aliphatic heterocycles. The van der Waals surface area contributed by atoms with Crippen molar-refractivity contribution in [3.8, 4) is 0 Å². The van der Waals surface area contributed by atoms with Gasteiger partial charge in [-0.25, -0.2) is 0 Å². The first-order valence-electron chi connectivity index (χ1n) is 8.08. The largest absolute Gasteiger partial charge is 0.330 e. The quantitative estimate of drug-likeness (QED) is 0.790. The van der Waals surface area contributed by atoms with Crippen LogP contribution in [0.1, 0.15) is 68.9 Å².